The second kappa shape index (κ2) is 9.68. The minimum Gasteiger partial charge on any atom is -0.456 e. The number of nitrogens with zero attached hydrogens (tertiary/aromatic N) is 1. The van der Waals surface area contributed by atoms with Crippen molar-refractivity contribution in [3.05, 3.63) is 81.7 Å². The zero-order valence-electron chi connectivity index (χ0n) is 19.6. The van der Waals surface area contributed by atoms with E-state index in [0.29, 0.717) is 36.5 Å². The summed E-state index contributed by atoms with van der Waals surface area (Å²) in [7, 11) is 0. The van der Waals surface area contributed by atoms with E-state index in [2.05, 4.69) is 42.2 Å². The third-order valence-electron chi connectivity index (χ3n) is 6.25. The number of amidine groups is 1. The lowest BCUT2D eigenvalue weighted by atomic mass is 10.1. The van der Waals surface area contributed by atoms with Crippen molar-refractivity contribution in [1.82, 2.24) is 0 Å². The molecule has 0 bridgehead atoms. The highest BCUT2D eigenvalue weighted by molar-refractivity contribution is 9.11. The number of anilines is 1. The van der Waals surface area contributed by atoms with E-state index in [1.165, 1.54) is 0 Å². The molecular formula is C29H21Br2N3O3. The number of hydrogen-bond donors (Lipinski definition) is 2. The number of carbonyl (C=O) groups excluding carboxylic acids is 1. The first-order chi connectivity index (χ1) is 17.9. The van der Waals surface area contributed by atoms with Crippen LogP contribution in [0.4, 0.5) is 11.4 Å². The zero-order chi connectivity index (χ0) is 25.5. The molecule has 0 unspecified atom stereocenters. The normalized spacial score (nSPS) is 12.2. The van der Waals surface area contributed by atoms with E-state index in [9.17, 15) is 4.79 Å². The number of carbonyl (C=O) groups is 1. The van der Waals surface area contributed by atoms with Gasteiger partial charge in [0.25, 0.3) is 0 Å². The maximum Gasteiger partial charge on any atom is 0.224 e. The Labute approximate surface area is 228 Å². The van der Waals surface area contributed by atoms with Gasteiger partial charge in [0.05, 0.1) is 16.0 Å². The van der Waals surface area contributed by atoms with Gasteiger partial charge in [-0.1, -0.05) is 34.1 Å². The van der Waals surface area contributed by atoms with Crippen molar-refractivity contribution in [2.75, 3.05) is 5.32 Å². The van der Waals surface area contributed by atoms with Crippen molar-refractivity contribution in [3.8, 4) is 0 Å². The van der Waals surface area contributed by atoms with Crippen molar-refractivity contribution in [2.24, 2.45) is 10.7 Å². The molecule has 0 spiro atoms. The molecule has 1 amide bonds. The summed E-state index contributed by atoms with van der Waals surface area (Å²) in [4.78, 5) is 17.0. The van der Waals surface area contributed by atoms with E-state index in [-0.39, 0.29) is 5.91 Å². The fourth-order valence-corrected chi connectivity index (χ4v) is 5.85. The summed E-state index contributed by atoms with van der Waals surface area (Å²) >= 11 is 7.08. The number of nitrogens with one attached hydrogen (secondary N) is 1. The standard InChI is InChI=1S/C29H21Br2N3O3/c30-16-12-22-21-11-8-17(14-26(21)37-29(22)23(31)13-16)33-27(32)6-3-7-28(35)34-18-9-10-20-19-4-1-2-5-24(19)36-25(20)15-18/h1-2,4-5,8-15H,3,6-7H2,(H2,32,33)(H,34,35). The average Bonchev–Trinajstić information content (AvgIpc) is 3.41. The first kappa shape index (κ1) is 23.8. The molecule has 0 saturated heterocycles. The Morgan fingerprint density at radius 1 is 0.811 bits per heavy atom. The summed E-state index contributed by atoms with van der Waals surface area (Å²) in [5, 5.41) is 7.06. The molecule has 8 heteroatoms. The van der Waals surface area contributed by atoms with Crippen LogP contribution in [0.2, 0.25) is 0 Å². The SMILES string of the molecule is NC(CCCC(=O)Nc1ccc2c(c1)oc1ccccc12)=Nc1ccc2c(c1)oc1c(Br)cc(Br)cc12. The summed E-state index contributed by atoms with van der Waals surface area (Å²) in [6.45, 7) is 0. The van der Waals surface area contributed by atoms with Crippen LogP contribution in [0.1, 0.15) is 19.3 Å². The van der Waals surface area contributed by atoms with E-state index in [4.69, 9.17) is 14.6 Å². The number of amides is 1. The highest BCUT2D eigenvalue weighted by atomic mass is 79.9. The number of fused-ring (bicyclic) bond motifs is 6. The van der Waals surface area contributed by atoms with E-state index in [1.807, 2.05) is 72.8 Å². The maximum absolute atomic E-state index is 12.5. The third-order valence-corrected chi connectivity index (χ3v) is 7.29. The van der Waals surface area contributed by atoms with E-state index >= 15 is 0 Å². The number of halogens is 2. The van der Waals surface area contributed by atoms with E-state index < -0.39 is 0 Å². The summed E-state index contributed by atoms with van der Waals surface area (Å²) in [5.74, 6) is 0.388. The van der Waals surface area contributed by atoms with Gasteiger partial charge in [-0.05, 0) is 64.8 Å². The number of benzene rings is 4. The first-order valence-electron chi connectivity index (χ1n) is 11.8. The second-order valence-corrected chi connectivity index (χ2v) is 10.6. The molecule has 0 aliphatic rings. The lowest BCUT2D eigenvalue weighted by molar-refractivity contribution is -0.116. The Hall–Kier alpha value is -3.62. The number of rotatable bonds is 6. The molecule has 4 aromatic carbocycles. The molecule has 6 nitrogen and oxygen atoms in total. The van der Waals surface area contributed by atoms with Crippen LogP contribution >= 0.6 is 31.9 Å². The minimum absolute atomic E-state index is 0.0799. The predicted molar refractivity (Wildman–Crippen MR) is 157 cm³/mol. The number of furan rings is 2. The lowest BCUT2D eigenvalue weighted by Gasteiger charge is -2.05. The Balaban J connectivity index is 1.09. The van der Waals surface area contributed by atoms with Crippen molar-refractivity contribution in [2.45, 2.75) is 19.3 Å². The average molecular weight is 619 g/mol. The summed E-state index contributed by atoms with van der Waals surface area (Å²) in [6.07, 6.45) is 1.43. The Kier molecular flexibility index (Phi) is 6.22. The molecule has 2 aromatic heterocycles. The van der Waals surface area contributed by atoms with Crippen LogP contribution in [-0.4, -0.2) is 11.7 Å². The number of nitrogens with two attached hydrogens (primary N) is 1. The maximum atomic E-state index is 12.5. The number of para-hydroxylation sites is 1. The second-order valence-electron chi connectivity index (χ2n) is 8.86. The van der Waals surface area contributed by atoms with Gasteiger partial charge in [0.2, 0.25) is 5.91 Å². The van der Waals surface area contributed by atoms with Crippen molar-refractivity contribution in [3.63, 3.8) is 0 Å². The van der Waals surface area contributed by atoms with Crippen LogP contribution in [-0.2, 0) is 4.79 Å². The molecule has 3 N–H and O–H groups in total. The largest absolute Gasteiger partial charge is 0.456 e. The van der Waals surface area contributed by atoms with Crippen LogP contribution in [0, 0.1) is 0 Å². The smallest absolute Gasteiger partial charge is 0.224 e. The molecule has 0 aliphatic heterocycles. The summed E-state index contributed by atoms with van der Waals surface area (Å²) < 4.78 is 13.8. The zero-order valence-corrected chi connectivity index (χ0v) is 22.7. The monoisotopic (exact) mass is 617 g/mol. The van der Waals surface area contributed by atoms with Gasteiger partial charge in [0, 0.05) is 56.7 Å². The summed E-state index contributed by atoms with van der Waals surface area (Å²) in [6, 6.07) is 23.4. The molecule has 0 radical (unpaired) electrons. The Bertz CT molecular complexity index is 1850. The molecule has 0 fully saturated rings. The number of aliphatic imine (C=N–C) groups is 1. The molecule has 37 heavy (non-hydrogen) atoms. The van der Waals surface area contributed by atoms with Crippen LogP contribution in [0.5, 0.6) is 0 Å². The highest BCUT2D eigenvalue weighted by Gasteiger charge is 2.12. The van der Waals surface area contributed by atoms with Gasteiger partial charge in [-0.25, -0.2) is 4.99 Å². The van der Waals surface area contributed by atoms with Crippen molar-refractivity contribution >= 4 is 98.9 Å². The van der Waals surface area contributed by atoms with Gasteiger partial charge in [0.15, 0.2) is 0 Å². The fraction of sp³-hybridized carbons (Fsp3) is 0.103. The lowest BCUT2D eigenvalue weighted by Crippen LogP contribution is -2.14. The van der Waals surface area contributed by atoms with Gasteiger partial charge in [0.1, 0.15) is 22.3 Å². The molecule has 2 heterocycles. The molecule has 184 valence electrons. The van der Waals surface area contributed by atoms with Gasteiger partial charge in [-0.2, -0.15) is 0 Å². The van der Waals surface area contributed by atoms with Crippen LogP contribution in [0.15, 0.2) is 95.6 Å². The van der Waals surface area contributed by atoms with Gasteiger partial charge >= 0.3 is 0 Å². The van der Waals surface area contributed by atoms with Crippen LogP contribution in [0.3, 0.4) is 0 Å². The number of hydrogen-bond acceptors (Lipinski definition) is 4. The minimum atomic E-state index is -0.0799. The summed E-state index contributed by atoms with van der Waals surface area (Å²) in [5.41, 5.74) is 10.7. The van der Waals surface area contributed by atoms with Gasteiger partial charge < -0.3 is 19.9 Å². The highest BCUT2D eigenvalue weighted by Crippen LogP contribution is 2.37. The van der Waals surface area contributed by atoms with E-state index in [1.54, 1.807) is 0 Å². The van der Waals surface area contributed by atoms with Crippen LogP contribution < -0.4 is 11.1 Å². The van der Waals surface area contributed by atoms with E-state index in [0.717, 1.165) is 52.8 Å². The Morgan fingerprint density at radius 2 is 1.57 bits per heavy atom. The van der Waals surface area contributed by atoms with Gasteiger partial charge in [-0.15, -0.1) is 0 Å². The third kappa shape index (κ3) is 4.74. The quantitative estimate of drug-likeness (QED) is 0.144. The Morgan fingerprint density at radius 3 is 2.46 bits per heavy atom. The topological polar surface area (TPSA) is 93.8 Å². The fourth-order valence-electron chi connectivity index (χ4n) is 4.54. The molecular weight excluding hydrogens is 598 g/mol. The predicted octanol–water partition coefficient (Wildman–Crippen LogP) is 8.81. The van der Waals surface area contributed by atoms with Crippen LogP contribution in [0.25, 0.3) is 43.9 Å². The molecule has 0 atom stereocenters. The molecule has 0 aliphatic carbocycles. The molecule has 6 aromatic rings. The first-order valence-corrected chi connectivity index (χ1v) is 13.4. The van der Waals surface area contributed by atoms with Crippen molar-refractivity contribution < 1.29 is 13.6 Å². The molecule has 0 saturated carbocycles. The van der Waals surface area contributed by atoms with Gasteiger partial charge in [-0.3, -0.25) is 4.79 Å². The van der Waals surface area contributed by atoms with Crippen molar-refractivity contribution in [1.29, 1.82) is 0 Å². The molecule has 6 rings (SSSR count).